The Morgan fingerprint density at radius 1 is 1.44 bits per heavy atom. The summed E-state index contributed by atoms with van der Waals surface area (Å²) in [5.74, 6) is 0.947. The SMILES string of the molecule is Cc1ccccc1OCCCC(=O)N1CCCO1. The second-order valence-corrected chi connectivity index (χ2v) is 4.40. The lowest BCUT2D eigenvalue weighted by atomic mass is 10.2. The topological polar surface area (TPSA) is 38.8 Å². The predicted octanol–water partition coefficient (Wildman–Crippen LogP) is 2.32. The van der Waals surface area contributed by atoms with Crippen LogP contribution in [-0.2, 0) is 9.63 Å². The largest absolute Gasteiger partial charge is 0.493 e. The quantitative estimate of drug-likeness (QED) is 0.752. The number of nitrogens with zero attached hydrogens (tertiary/aromatic N) is 1. The molecule has 1 aromatic carbocycles. The van der Waals surface area contributed by atoms with Crippen LogP contribution < -0.4 is 4.74 Å². The third-order valence-electron chi connectivity index (χ3n) is 2.92. The minimum atomic E-state index is 0.0564. The Bertz CT molecular complexity index is 400. The van der Waals surface area contributed by atoms with Gasteiger partial charge in [0.2, 0.25) is 5.91 Å². The van der Waals surface area contributed by atoms with Gasteiger partial charge in [-0.3, -0.25) is 9.63 Å². The fourth-order valence-electron chi connectivity index (χ4n) is 1.89. The summed E-state index contributed by atoms with van der Waals surface area (Å²) in [4.78, 5) is 16.9. The highest BCUT2D eigenvalue weighted by atomic mass is 16.7. The minimum Gasteiger partial charge on any atom is -0.493 e. The molecule has 1 aliphatic heterocycles. The number of carbonyl (C=O) groups excluding carboxylic acids is 1. The van der Waals surface area contributed by atoms with Crippen molar-refractivity contribution in [3.05, 3.63) is 29.8 Å². The van der Waals surface area contributed by atoms with E-state index >= 15 is 0 Å². The molecule has 0 bridgehead atoms. The van der Waals surface area contributed by atoms with Crippen LogP contribution in [0.1, 0.15) is 24.8 Å². The number of hydroxylamine groups is 2. The van der Waals surface area contributed by atoms with Crippen molar-refractivity contribution in [2.24, 2.45) is 0 Å². The smallest absolute Gasteiger partial charge is 0.246 e. The van der Waals surface area contributed by atoms with Gasteiger partial charge in [-0.05, 0) is 31.4 Å². The van der Waals surface area contributed by atoms with Crippen LogP contribution in [0.2, 0.25) is 0 Å². The molecule has 1 aromatic rings. The maximum absolute atomic E-state index is 11.7. The molecular weight excluding hydrogens is 230 g/mol. The number of amides is 1. The van der Waals surface area contributed by atoms with Gasteiger partial charge in [-0.1, -0.05) is 18.2 Å². The van der Waals surface area contributed by atoms with Crippen LogP contribution in [0.5, 0.6) is 5.75 Å². The van der Waals surface area contributed by atoms with Crippen LogP contribution in [-0.4, -0.2) is 30.7 Å². The zero-order valence-corrected chi connectivity index (χ0v) is 10.7. The molecule has 4 nitrogen and oxygen atoms in total. The summed E-state index contributed by atoms with van der Waals surface area (Å²) in [5.41, 5.74) is 1.12. The molecule has 98 valence electrons. The second-order valence-electron chi connectivity index (χ2n) is 4.40. The molecule has 4 heteroatoms. The fourth-order valence-corrected chi connectivity index (χ4v) is 1.89. The highest BCUT2D eigenvalue weighted by molar-refractivity contribution is 5.75. The highest BCUT2D eigenvalue weighted by Crippen LogP contribution is 2.16. The minimum absolute atomic E-state index is 0.0564. The lowest BCUT2D eigenvalue weighted by Gasteiger charge is -2.14. The van der Waals surface area contributed by atoms with E-state index in [0.717, 1.165) is 24.3 Å². The Kier molecular flexibility index (Phi) is 4.59. The first-order chi connectivity index (χ1) is 8.77. The van der Waals surface area contributed by atoms with Crippen LogP contribution in [0, 0.1) is 6.92 Å². The zero-order chi connectivity index (χ0) is 12.8. The number of ether oxygens (including phenoxy) is 1. The number of carbonyl (C=O) groups is 1. The first-order valence-electron chi connectivity index (χ1n) is 6.39. The van der Waals surface area contributed by atoms with Crippen molar-refractivity contribution in [2.75, 3.05) is 19.8 Å². The molecule has 1 heterocycles. The van der Waals surface area contributed by atoms with Crippen LogP contribution in [0.15, 0.2) is 24.3 Å². The van der Waals surface area contributed by atoms with E-state index in [4.69, 9.17) is 9.57 Å². The van der Waals surface area contributed by atoms with Gasteiger partial charge in [-0.25, -0.2) is 5.06 Å². The first-order valence-corrected chi connectivity index (χ1v) is 6.39. The average molecular weight is 249 g/mol. The maximum atomic E-state index is 11.7. The van der Waals surface area contributed by atoms with E-state index in [0.29, 0.717) is 26.1 Å². The number of hydrogen-bond acceptors (Lipinski definition) is 3. The van der Waals surface area contributed by atoms with Crippen molar-refractivity contribution in [3.8, 4) is 5.75 Å². The second kappa shape index (κ2) is 6.40. The van der Waals surface area contributed by atoms with Crippen LogP contribution in [0.3, 0.4) is 0 Å². The molecule has 1 saturated heterocycles. The standard InChI is InChI=1S/C14H19NO3/c1-12-6-2-3-7-13(12)17-10-4-8-14(16)15-9-5-11-18-15/h2-3,6-7H,4-5,8-11H2,1H3. The Labute approximate surface area is 107 Å². The normalized spacial score (nSPS) is 14.8. The van der Waals surface area contributed by atoms with E-state index in [1.54, 1.807) is 0 Å². The van der Waals surface area contributed by atoms with Crippen molar-refractivity contribution in [1.29, 1.82) is 0 Å². The van der Waals surface area contributed by atoms with Gasteiger partial charge in [0.15, 0.2) is 0 Å². The van der Waals surface area contributed by atoms with Gasteiger partial charge in [0.1, 0.15) is 5.75 Å². The van der Waals surface area contributed by atoms with Crippen LogP contribution >= 0.6 is 0 Å². The van der Waals surface area contributed by atoms with Gasteiger partial charge in [0, 0.05) is 6.42 Å². The number of benzene rings is 1. The fraction of sp³-hybridized carbons (Fsp3) is 0.500. The van der Waals surface area contributed by atoms with Gasteiger partial charge < -0.3 is 4.74 Å². The van der Waals surface area contributed by atoms with Gasteiger partial charge in [-0.15, -0.1) is 0 Å². The number of rotatable bonds is 5. The highest BCUT2D eigenvalue weighted by Gasteiger charge is 2.18. The van der Waals surface area contributed by atoms with E-state index in [-0.39, 0.29) is 5.91 Å². The Balaban J connectivity index is 1.67. The van der Waals surface area contributed by atoms with Crippen molar-refractivity contribution >= 4 is 5.91 Å². The molecule has 1 fully saturated rings. The molecule has 0 spiro atoms. The van der Waals surface area contributed by atoms with Crippen LogP contribution in [0.25, 0.3) is 0 Å². The summed E-state index contributed by atoms with van der Waals surface area (Å²) < 4.78 is 5.64. The van der Waals surface area contributed by atoms with Crippen LogP contribution in [0.4, 0.5) is 0 Å². The number of aryl methyl sites for hydroxylation is 1. The zero-order valence-electron chi connectivity index (χ0n) is 10.7. The molecule has 0 aliphatic carbocycles. The molecule has 2 rings (SSSR count). The monoisotopic (exact) mass is 249 g/mol. The molecule has 0 saturated carbocycles. The van der Waals surface area contributed by atoms with Gasteiger partial charge in [0.25, 0.3) is 0 Å². The van der Waals surface area contributed by atoms with Gasteiger partial charge >= 0.3 is 0 Å². The summed E-state index contributed by atoms with van der Waals surface area (Å²) in [6.07, 6.45) is 2.13. The summed E-state index contributed by atoms with van der Waals surface area (Å²) in [7, 11) is 0. The Morgan fingerprint density at radius 3 is 3.00 bits per heavy atom. The lowest BCUT2D eigenvalue weighted by Crippen LogP contribution is -2.26. The molecule has 0 atom stereocenters. The summed E-state index contributed by atoms with van der Waals surface area (Å²) >= 11 is 0. The van der Waals surface area contributed by atoms with Gasteiger partial charge in [-0.2, -0.15) is 0 Å². The van der Waals surface area contributed by atoms with E-state index < -0.39 is 0 Å². The predicted molar refractivity (Wildman–Crippen MR) is 68.2 cm³/mol. The van der Waals surface area contributed by atoms with E-state index in [9.17, 15) is 4.79 Å². The molecule has 1 amide bonds. The molecule has 18 heavy (non-hydrogen) atoms. The van der Waals surface area contributed by atoms with Crippen molar-refractivity contribution in [3.63, 3.8) is 0 Å². The molecule has 0 N–H and O–H groups in total. The van der Waals surface area contributed by atoms with Crippen molar-refractivity contribution < 1.29 is 14.4 Å². The maximum Gasteiger partial charge on any atom is 0.246 e. The van der Waals surface area contributed by atoms with E-state index in [2.05, 4.69) is 0 Å². The summed E-state index contributed by atoms with van der Waals surface area (Å²) in [6.45, 7) is 3.95. The summed E-state index contributed by atoms with van der Waals surface area (Å²) in [5, 5.41) is 1.47. The van der Waals surface area contributed by atoms with Crippen molar-refractivity contribution in [1.82, 2.24) is 5.06 Å². The van der Waals surface area contributed by atoms with Gasteiger partial charge in [0.05, 0.1) is 19.8 Å². The average Bonchev–Trinajstić information content (AvgIpc) is 2.90. The Morgan fingerprint density at radius 2 is 2.28 bits per heavy atom. The third kappa shape index (κ3) is 3.47. The molecular formula is C14H19NO3. The Hall–Kier alpha value is -1.55. The third-order valence-corrected chi connectivity index (χ3v) is 2.92. The number of hydrogen-bond donors (Lipinski definition) is 0. The van der Waals surface area contributed by atoms with E-state index in [1.165, 1.54) is 5.06 Å². The molecule has 0 unspecified atom stereocenters. The molecule has 0 radical (unpaired) electrons. The molecule has 1 aliphatic rings. The number of para-hydroxylation sites is 1. The molecule has 0 aromatic heterocycles. The van der Waals surface area contributed by atoms with Crippen molar-refractivity contribution in [2.45, 2.75) is 26.2 Å². The lowest BCUT2D eigenvalue weighted by molar-refractivity contribution is -0.168. The van der Waals surface area contributed by atoms with E-state index in [1.807, 2.05) is 31.2 Å². The first kappa shape index (κ1) is 12.9. The summed E-state index contributed by atoms with van der Waals surface area (Å²) in [6, 6.07) is 7.89.